The molecule has 9 nitrogen and oxygen atoms in total. The molecule has 3 aromatic rings. The van der Waals surface area contributed by atoms with E-state index in [-0.39, 0.29) is 0 Å². The molecule has 10 heteroatoms. The fourth-order valence-electron chi connectivity index (χ4n) is 5.70. The minimum Gasteiger partial charge on any atom is -0.381 e. The topological polar surface area (TPSA) is 90.2 Å². The Balaban J connectivity index is 1.18. The molecular formula is C26H33N7O2S. The summed E-state index contributed by atoms with van der Waals surface area (Å²) >= 11 is 1.35. The third kappa shape index (κ3) is 5.11. The van der Waals surface area contributed by atoms with E-state index in [9.17, 15) is 0 Å². The highest BCUT2D eigenvalue weighted by atomic mass is 32.1. The molecule has 0 amide bonds. The number of anilines is 1. The molecule has 0 radical (unpaired) electrons. The lowest BCUT2D eigenvalue weighted by Crippen LogP contribution is -2.46. The van der Waals surface area contributed by atoms with Gasteiger partial charge in [0.1, 0.15) is 17.3 Å². The van der Waals surface area contributed by atoms with Crippen LogP contribution in [0.5, 0.6) is 0 Å². The third-order valence-corrected chi connectivity index (χ3v) is 8.44. The fourth-order valence-corrected chi connectivity index (χ4v) is 6.45. The molecule has 0 spiro atoms. The molecule has 0 unspecified atom stereocenters. The molecule has 0 bridgehead atoms. The van der Waals surface area contributed by atoms with Gasteiger partial charge in [0.15, 0.2) is 4.83 Å². The van der Waals surface area contributed by atoms with Crippen molar-refractivity contribution in [1.29, 1.82) is 0 Å². The molecule has 5 heterocycles. The van der Waals surface area contributed by atoms with Crippen LogP contribution in [0.15, 0.2) is 12.4 Å². The number of hydrogen-bond donors (Lipinski definition) is 1. The van der Waals surface area contributed by atoms with Crippen LogP contribution in [-0.4, -0.2) is 80.6 Å². The Morgan fingerprint density at radius 1 is 1.00 bits per heavy atom. The van der Waals surface area contributed by atoms with Crippen LogP contribution < -0.4 is 5.32 Å². The van der Waals surface area contributed by atoms with E-state index in [1.807, 2.05) is 6.20 Å². The summed E-state index contributed by atoms with van der Waals surface area (Å²) in [6.45, 7) is 5.41. The van der Waals surface area contributed by atoms with Crippen LogP contribution in [-0.2, 0) is 15.9 Å². The molecule has 1 saturated carbocycles. The number of terminal acetylenes is 1. The van der Waals surface area contributed by atoms with Crippen molar-refractivity contribution in [1.82, 2.24) is 29.0 Å². The quantitative estimate of drug-likeness (QED) is 0.509. The number of fused-ring (bicyclic) bond motifs is 1. The van der Waals surface area contributed by atoms with Gasteiger partial charge in [0.2, 0.25) is 0 Å². The highest BCUT2D eigenvalue weighted by Gasteiger charge is 2.28. The average Bonchev–Trinajstić information content (AvgIpc) is 3.57. The molecule has 6 rings (SSSR count). The van der Waals surface area contributed by atoms with Gasteiger partial charge in [-0.05, 0) is 61.5 Å². The van der Waals surface area contributed by atoms with Gasteiger partial charge in [0.25, 0.3) is 0 Å². The molecule has 190 valence electrons. The van der Waals surface area contributed by atoms with Crippen molar-refractivity contribution in [2.45, 2.75) is 63.1 Å². The number of nitrogens with one attached hydrogen (secondary N) is 1. The molecule has 3 aliphatic rings. The molecule has 1 N–H and O–H groups in total. The Morgan fingerprint density at radius 3 is 2.56 bits per heavy atom. The lowest BCUT2D eigenvalue weighted by molar-refractivity contribution is 0.00791. The first kappa shape index (κ1) is 23.8. The molecule has 0 aromatic carbocycles. The summed E-state index contributed by atoms with van der Waals surface area (Å²) in [4.78, 5) is 13.2. The molecule has 2 aliphatic heterocycles. The van der Waals surface area contributed by atoms with E-state index in [1.54, 1.807) is 0 Å². The summed E-state index contributed by atoms with van der Waals surface area (Å²) in [7, 11) is 0. The first-order valence-electron chi connectivity index (χ1n) is 13.1. The zero-order valence-electron chi connectivity index (χ0n) is 20.6. The van der Waals surface area contributed by atoms with Gasteiger partial charge in [-0.3, -0.25) is 9.58 Å². The van der Waals surface area contributed by atoms with Crippen LogP contribution in [0.1, 0.15) is 61.6 Å². The Hall–Kier alpha value is -2.58. The van der Waals surface area contributed by atoms with Crippen LogP contribution in [0, 0.1) is 12.3 Å². The monoisotopic (exact) mass is 507 g/mol. The summed E-state index contributed by atoms with van der Waals surface area (Å²) in [6, 6.07) is 1.43. The van der Waals surface area contributed by atoms with Gasteiger partial charge in [-0.15, -0.1) is 6.42 Å². The normalized spacial score (nSPS) is 24.1. The lowest BCUT2D eigenvalue weighted by atomic mass is 9.90. The van der Waals surface area contributed by atoms with Crippen LogP contribution in [0.3, 0.4) is 0 Å². The standard InChI is InChI=1S/C26H33N7O2S/c1-2-22-24-25(28-19-3-5-20(6-4-19)32-9-13-35-14-10-32)29-23(30-26(24)36-31-22)15-18-16-27-33(17-18)21-7-11-34-12-8-21/h1,16-17,19-21H,3-15H2,(H,28,29,30). The van der Waals surface area contributed by atoms with E-state index in [4.69, 9.17) is 25.9 Å². The van der Waals surface area contributed by atoms with E-state index in [0.717, 1.165) is 92.6 Å². The maximum Gasteiger partial charge on any atom is 0.150 e. The predicted molar refractivity (Wildman–Crippen MR) is 139 cm³/mol. The average molecular weight is 508 g/mol. The second kappa shape index (κ2) is 10.8. The number of ether oxygens (including phenoxy) is 2. The highest BCUT2D eigenvalue weighted by Crippen LogP contribution is 2.31. The first-order chi connectivity index (χ1) is 17.8. The Morgan fingerprint density at radius 2 is 1.78 bits per heavy atom. The third-order valence-electron chi connectivity index (χ3n) is 7.70. The van der Waals surface area contributed by atoms with E-state index >= 15 is 0 Å². The molecular weight excluding hydrogens is 474 g/mol. The number of nitrogens with zero attached hydrogens (tertiary/aromatic N) is 6. The van der Waals surface area contributed by atoms with Crippen molar-refractivity contribution in [2.24, 2.45) is 0 Å². The summed E-state index contributed by atoms with van der Waals surface area (Å²) < 4.78 is 17.6. The van der Waals surface area contributed by atoms with Gasteiger partial charge in [0, 0.05) is 51.0 Å². The molecule has 36 heavy (non-hydrogen) atoms. The van der Waals surface area contributed by atoms with E-state index in [0.29, 0.717) is 30.2 Å². The molecule has 1 aliphatic carbocycles. The predicted octanol–water partition coefficient (Wildman–Crippen LogP) is 3.26. The van der Waals surface area contributed by atoms with Crippen LogP contribution >= 0.6 is 11.5 Å². The number of aromatic nitrogens is 5. The van der Waals surface area contributed by atoms with E-state index in [2.05, 4.69) is 36.5 Å². The Bertz CT molecular complexity index is 1210. The molecule has 3 aromatic heterocycles. The van der Waals surface area contributed by atoms with Crippen molar-refractivity contribution >= 4 is 27.6 Å². The summed E-state index contributed by atoms with van der Waals surface area (Å²) in [5, 5.41) is 9.23. The maximum atomic E-state index is 5.77. The van der Waals surface area contributed by atoms with E-state index in [1.165, 1.54) is 24.4 Å². The van der Waals surface area contributed by atoms with Gasteiger partial charge in [-0.1, -0.05) is 0 Å². The number of morpholine rings is 1. The number of rotatable bonds is 6. The zero-order chi connectivity index (χ0) is 24.3. The number of hydrogen-bond acceptors (Lipinski definition) is 9. The maximum absolute atomic E-state index is 5.77. The molecule has 3 fully saturated rings. The summed E-state index contributed by atoms with van der Waals surface area (Å²) in [5.41, 5.74) is 1.73. The smallest absolute Gasteiger partial charge is 0.150 e. The largest absolute Gasteiger partial charge is 0.381 e. The van der Waals surface area contributed by atoms with Crippen molar-refractivity contribution in [2.75, 3.05) is 44.8 Å². The van der Waals surface area contributed by atoms with Gasteiger partial charge in [0.05, 0.1) is 30.8 Å². The van der Waals surface area contributed by atoms with E-state index < -0.39 is 0 Å². The van der Waals surface area contributed by atoms with Gasteiger partial charge >= 0.3 is 0 Å². The lowest BCUT2D eigenvalue weighted by Gasteiger charge is -2.39. The van der Waals surface area contributed by atoms with Crippen LogP contribution in [0.4, 0.5) is 5.82 Å². The summed E-state index contributed by atoms with van der Waals surface area (Å²) in [5.74, 6) is 4.32. The summed E-state index contributed by atoms with van der Waals surface area (Å²) in [6.07, 6.45) is 17.1. The minimum absolute atomic E-state index is 0.370. The van der Waals surface area contributed by atoms with Gasteiger partial charge in [-0.2, -0.15) is 9.47 Å². The molecule has 2 saturated heterocycles. The highest BCUT2D eigenvalue weighted by molar-refractivity contribution is 7.13. The van der Waals surface area contributed by atoms with Crippen molar-refractivity contribution in [3.8, 4) is 12.3 Å². The molecule has 0 atom stereocenters. The van der Waals surface area contributed by atoms with Crippen molar-refractivity contribution < 1.29 is 9.47 Å². The first-order valence-corrected chi connectivity index (χ1v) is 13.9. The Labute approximate surface area is 215 Å². The fraction of sp³-hybridized carbons (Fsp3) is 0.615. The second-order valence-electron chi connectivity index (χ2n) is 9.99. The van der Waals surface area contributed by atoms with Crippen molar-refractivity contribution in [3.05, 3.63) is 29.5 Å². The SMILES string of the molecule is C#Cc1nsc2nc(Cc3cnn(C4CCOCC4)c3)nc(NC3CCC(N4CCOCC4)CC3)c12. The zero-order valence-corrected chi connectivity index (χ0v) is 21.4. The minimum atomic E-state index is 0.370. The van der Waals surface area contributed by atoms with Crippen LogP contribution in [0.25, 0.3) is 10.2 Å². The Kier molecular flexibility index (Phi) is 7.14. The van der Waals surface area contributed by atoms with Gasteiger partial charge in [-0.25, -0.2) is 9.97 Å². The van der Waals surface area contributed by atoms with Gasteiger partial charge < -0.3 is 14.8 Å². The van der Waals surface area contributed by atoms with Crippen LogP contribution in [0.2, 0.25) is 0 Å². The second-order valence-corrected chi connectivity index (χ2v) is 10.7. The van der Waals surface area contributed by atoms with Crippen molar-refractivity contribution in [3.63, 3.8) is 0 Å².